The highest BCUT2D eigenvalue weighted by molar-refractivity contribution is 6.01. The lowest BCUT2D eigenvalue weighted by Crippen LogP contribution is -2.48. The Labute approximate surface area is 661 Å². The van der Waals surface area contributed by atoms with E-state index in [4.69, 9.17) is 18.9 Å². The fraction of sp³-hybridized carbons (Fsp3) is 0.226. The number of carbonyl (C=O) groups excluding carboxylic acids is 5. The molecule has 0 aliphatic carbocycles. The Balaban J connectivity index is 0.000000150. The lowest BCUT2D eigenvalue weighted by Gasteiger charge is -2.38. The fourth-order valence-corrected chi connectivity index (χ4v) is 13.1. The number of H-pyrrole nitrogens is 1. The van der Waals surface area contributed by atoms with Crippen molar-refractivity contribution in [1.82, 2.24) is 58.7 Å². The number of piperazine rings is 2. The van der Waals surface area contributed by atoms with Crippen molar-refractivity contribution >= 4 is 126 Å². The van der Waals surface area contributed by atoms with Crippen LogP contribution in [-0.2, 0) is 20.8 Å². The van der Waals surface area contributed by atoms with Crippen molar-refractivity contribution in [3.8, 4) is 40.6 Å². The van der Waals surface area contributed by atoms with Gasteiger partial charge in [0, 0.05) is 157 Å². The number of aromatic amines is 1. The second-order valence-electron chi connectivity index (χ2n) is 27.4. The zero-order valence-electron chi connectivity index (χ0n) is 64.0. The normalized spacial score (nSPS) is 13.7. The van der Waals surface area contributed by atoms with E-state index in [0.717, 1.165) is 94.5 Å². The third-order valence-electron chi connectivity index (χ3n) is 19.1. The van der Waals surface area contributed by atoms with Gasteiger partial charge in [0.25, 0.3) is 0 Å². The van der Waals surface area contributed by atoms with Crippen LogP contribution in [-0.4, -0.2) is 188 Å². The van der Waals surface area contributed by atoms with Crippen LogP contribution in [0.15, 0.2) is 208 Å². The van der Waals surface area contributed by atoms with Crippen molar-refractivity contribution in [3.63, 3.8) is 0 Å². The maximum atomic E-state index is 15.1. The maximum absolute atomic E-state index is 15.1. The standard InChI is InChI=1S/C28H28FN7O3.C28H29FN6O3.C28H29N7O3/c1-4-25(38)30-19-6-5-7-21(16-19)39-27-22-10-11-36(18(2)37)26(22)32-28(33-27)31-20-8-9-24(23(29)17-20)35-14-12-34(3)13-15-35;1-3-25(36)31-20-5-4-6-21(15-20)38-27-22-9-11-30-26(22)33-28(34-27)32-23-8-7-18(14-24(23)37-2)13-19-16-35(17-19)12-10-29;1-4-25(37)29-21-6-5-7-23(18-21)38-27-24-12-13-35(19(2)36)26(24)31-28(32-27)30-20-8-10-22(11-9-20)34-16-14-33(3)15-17-34/h4-11,16-17H,1,12-15H2,2-3H3,(H,30,38)(H,31,32,33);3-9,11,14-15,19H,1,10,12-13,16-17H2,2H3,(H,31,36)(H2,30,32,33,34);4-13,18H,1,14-17H2,2-3H3,(H,29,37)(H,30,31,32). The Bertz CT molecular complexity index is 5580. The number of ether oxygens (including phenoxy) is 4. The summed E-state index contributed by atoms with van der Waals surface area (Å²) in [6.45, 7) is 22.6. The second-order valence-corrected chi connectivity index (χ2v) is 27.4. The summed E-state index contributed by atoms with van der Waals surface area (Å²) >= 11 is 0. The summed E-state index contributed by atoms with van der Waals surface area (Å²) in [7, 11) is 5.81. The van der Waals surface area contributed by atoms with Crippen LogP contribution < -0.4 is 60.6 Å². The van der Waals surface area contributed by atoms with Gasteiger partial charge in [0.1, 0.15) is 41.1 Å². The van der Waals surface area contributed by atoms with Gasteiger partial charge in [-0.05, 0) is 159 Å². The second kappa shape index (κ2) is 36.5. The third-order valence-corrected chi connectivity index (χ3v) is 19.1. The smallest absolute Gasteiger partial charge is 0.247 e. The van der Waals surface area contributed by atoms with E-state index in [-0.39, 0.29) is 65.7 Å². The first-order valence-corrected chi connectivity index (χ1v) is 37.1. The molecule has 3 saturated heterocycles. The number of halogens is 2. The third kappa shape index (κ3) is 20.1. The molecule has 0 unspecified atom stereocenters. The molecule has 15 rings (SSSR count). The number of hydrogen-bond donors (Lipinski definition) is 7. The van der Waals surface area contributed by atoms with Crippen LogP contribution in [0.1, 0.15) is 29.0 Å². The predicted octanol–water partition coefficient (Wildman–Crippen LogP) is 14.2. The van der Waals surface area contributed by atoms with E-state index in [1.807, 2.05) is 35.2 Å². The average molecular weight is 1560 g/mol. The molecule has 3 amide bonds. The number of benzene rings is 6. The Hall–Kier alpha value is -13.9. The van der Waals surface area contributed by atoms with E-state index in [1.54, 1.807) is 123 Å². The minimum atomic E-state index is -0.354. The van der Waals surface area contributed by atoms with Crippen molar-refractivity contribution in [2.45, 2.75) is 20.3 Å². The molecule has 29 nitrogen and oxygen atoms in total. The van der Waals surface area contributed by atoms with Crippen molar-refractivity contribution in [1.29, 1.82) is 0 Å². The van der Waals surface area contributed by atoms with E-state index in [0.29, 0.717) is 109 Å². The first-order valence-electron chi connectivity index (χ1n) is 37.1. The summed E-state index contributed by atoms with van der Waals surface area (Å²) in [6, 6.07) is 45.0. The molecule has 0 saturated carbocycles. The molecule has 0 spiro atoms. The lowest BCUT2D eigenvalue weighted by atomic mass is 9.92. The molecule has 31 heteroatoms. The number of anilines is 11. The number of alkyl halides is 1. The number of methoxy groups -OCH3 is 1. The zero-order chi connectivity index (χ0) is 80.7. The predicted molar refractivity (Wildman–Crippen MR) is 442 cm³/mol. The molecule has 6 aromatic carbocycles. The largest absolute Gasteiger partial charge is 0.495 e. The topological polar surface area (TPSA) is 314 Å². The zero-order valence-corrected chi connectivity index (χ0v) is 64.0. The Kier molecular flexibility index (Phi) is 25.1. The quantitative estimate of drug-likeness (QED) is 0.0261. The SMILES string of the molecule is C=CC(=O)Nc1cccc(Oc2nc(Nc3ccc(CC4CN(CCF)C4)cc3OC)nc3[nH]ccc23)c1.C=CC(=O)Nc1cccc(Oc2nc(Nc3ccc(N4CCN(C)CC4)c(F)c3)nc3c2ccn3C(C)=O)c1.C=CC(=O)Nc1cccc(Oc2nc(Nc3ccc(N4CCN(C)CC4)cc3)nc3c2ccn3C(C)=O)c1. The van der Waals surface area contributed by atoms with Crippen molar-refractivity contribution in [2.24, 2.45) is 5.92 Å². The van der Waals surface area contributed by atoms with Gasteiger partial charge in [0.2, 0.25) is 65.0 Å². The van der Waals surface area contributed by atoms with Crippen LogP contribution >= 0.6 is 0 Å². The Morgan fingerprint density at radius 3 is 1.48 bits per heavy atom. The first-order chi connectivity index (χ1) is 55.7. The molecule has 0 radical (unpaired) electrons. The van der Waals surface area contributed by atoms with Crippen molar-refractivity contribution in [2.75, 3.05) is 142 Å². The highest BCUT2D eigenvalue weighted by Gasteiger charge is 2.28. The molecule has 115 heavy (non-hydrogen) atoms. The molecular weight excluding hydrogens is 1470 g/mol. The molecule has 12 aromatic rings. The molecule has 9 heterocycles. The van der Waals surface area contributed by atoms with E-state index in [9.17, 15) is 28.4 Å². The summed E-state index contributed by atoms with van der Waals surface area (Å²) in [4.78, 5) is 101. The molecule has 0 atom stereocenters. The molecule has 0 bridgehead atoms. The van der Waals surface area contributed by atoms with Crippen LogP contribution in [0.25, 0.3) is 33.1 Å². The molecular formula is C84H86F2N20O9. The minimum absolute atomic E-state index is 0.126. The van der Waals surface area contributed by atoms with Gasteiger partial charge in [-0.25, -0.2) is 8.78 Å². The highest BCUT2D eigenvalue weighted by Crippen LogP contribution is 2.38. The summed E-state index contributed by atoms with van der Waals surface area (Å²) in [5.41, 5.74) is 7.85. The molecule has 3 aliphatic rings. The molecule has 3 aliphatic heterocycles. The van der Waals surface area contributed by atoms with E-state index in [1.165, 1.54) is 47.3 Å². The van der Waals surface area contributed by atoms with E-state index < -0.39 is 0 Å². The number of hydrogen-bond acceptors (Lipinski definition) is 23. The van der Waals surface area contributed by atoms with Gasteiger partial charge in [0.05, 0.1) is 34.6 Å². The number of nitrogens with zero attached hydrogens (tertiary/aromatic N) is 13. The fourth-order valence-electron chi connectivity index (χ4n) is 13.1. The first kappa shape index (κ1) is 79.2. The number of fused-ring (bicyclic) bond motifs is 3. The Morgan fingerprint density at radius 1 is 0.522 bits per heavy atom. The molecule has 6 aromatic heterocycles. The van der Waals surface area contributed by atoms with Crippen molar-refractivity contribution in [3.05, 3.63) is 220 Å². The monoisotopic (exact) mass is 1560 g/mol. The highest BCUT2D eigenvalue weighted by atomic mass is 19.1. The van der Waals surface area contributed by atoms with Gasteiger partial charge in [-0.3, -0.25) is 33.1 Å². The number of likely N-dealkylation sites (N-methyl/N-ethyl adjacent to an activating group) is 2. The number of carbonyl (C=O) groups is 5. The van der Waals surface area contributed by atoms with Crippen LogP contribution in [0.2, 0.25) is 0 Å². The minimum Gasteiger partial charge on any atom is -0.495 e. The lowest BCUT2D eigenvalue weighted by molar-refractivity contribution is -0.112. The number of rotatable bonds is 25. The Morgan fingerprint density at radius 2 is 1.00 bits per heavy atom. The molecule has 590 valence electrons. The van der Waals surface area contributed by atoms with E-state index in [2.05, 4.69) is 138 Å². The number of likely N-dealkylation sites (tertiary alicyclic amines) is 1. The number of nitrogens with one attached hydrogen (secondary N) is 7. The average Bonchev–Trinajstić information content (AvgIpc) is 1.66. The van der Waals surface area contributed by atoms with Crippen LogP contribution in [0.4, 0.5) is 72.1 Å². The number of aromatic nitrogens is 9. The van der Waals surface area contributed by atoms with Crippen LogP contribution in [0.3, 0.4) is 0 Å². The van der Waals surface area contributed by atoms with Crippen LogP contribution in [0, 0.1) is 11.7 Å². The van der Waals surface area contributed by atoms with Crippen LogP contribution in [0.5, 0.6) is 40.6 Å². The molecule has 7 N–H and O–H groups in total. The van der Waals surface area contributed by atoms with Gasteiger partial charge in [-0.15, -0.1) is 0 Å². The van der Waals surface area contributed by atoms with Gasteiger partial charge in [0.15, 0.2) is 11.3 Å². The van der Waals surface area contributed by atoms with Crippen molar-refractivity contribution < 1.29 is 51.7 Å². The van der Waals surface area contributed by atoms with Gasteiger partial charge < -0.3 is 80.3 Å². The van der Waals surface area contributed by atoms with Gasteiger partial charge in [-0.2, -0.15) is 29.9 Å². The van der Waals surface area contributed by atoms with Gasteiger partial charge in [-0.1, -0.05) is 44.0 Å². The summed E-state index contributed by atoms with van der Waals surface area (Å²) in [5.74, 6) is 2.36. The summed E-state index contributed by atoms with van der Waals surface area (Å²) in [6.07, 6.45) is 9.48. The summed E-state index contributed by atoms with van der Waals surface area (Å²) < 4.78 is 54.4. The van der Waals surface area contributed by atoms with Gasteiger partial charge >= 0.3 is 0 Å². The molecule has 3 fully saturated rings. The summed E-state index contributed by atoms with van der Waals surface area (Å²) in [5, 5.41) is 19.4. The van der Waals surface area contributed by atoms with E-state index >= 15 is 4.39 Å². The number of amides is 3. The maximum Gasteiger partial charge on any atom is 0.247 e.